The van der Waals surface area contributed by atoms with Gasteiger partial charge < -0.3 is 10.8 Å². The second kappa shape index (κ2) is 4.01. The van der Waals surface area contributed by atoms with Crippen LogP contribution in [0.1, 0.15) is 39.2 Å². The minimum atomic E-state index is -0.729. The van der Waals surface area contributed by atoms with E-state index < -0.39 is 11.4 Å². The van der Waals surface area contributed by atoms with E-state index in [2.05, 4.69) is 20.8 Å². The van der Waals surface area contributed by atoms with Crippen molar-refractivity contribution in [1.29, 1.82) is 0 Å². The highest BCUT2D eigenvalue weighted by molar-refractivity contribution is 5.83. The average molecular weight is 247 g/mol. The molecule has 0 radical (unpaired) electrons. The third kappa shape index (κ3) is 1.98. The van der Waals surface area contributed by atoms with Gasteiger partial charge in [-0.05, 0) is 41.9 Å². The van der Waals surface area contributed by atoms with E-state index in [1.807, 2.05) is 12.1 Å². The summed E-state index contributed by atoms with van der Waals surface area (Å²) >= 11 is 0. The highest BCUT2D eigenvalue weighted by atomic mass is 16.4. The first kappa shape index (κ1) is 12.9. The van der Waals surface area contributed by atoms with Gasteiger partial charge in [0.15, 0.2) is 0 Å². The van der Waals surface area contributed by atoms with Gasteiger partial charge in [-0.3, -0.25) is 4.79 Å². The van der Waals surface area contributed by atoms with Crippen LogP contribution in [0.2, 0.25) is 0 Å². The molecule has 1 fully saturated rings. The summed E-state index contributed by atoms with van der Waals surface area (Å²) in [6.07, 6.45) is 1.41. The van der Waals surface area contributed by atoms with Crippen LogP contribution < -0.4 is 5.73 Å². The lowest BCUT2D eigenvalue weighted by atomic mass is 9.52. The van der Waals surface area contributed by atoms with Crippen molar-refractivity contribution in [1.82, 2.24) is 0 Å². The monoisotopic (exact) mass is 247 g/mol. The average Bonchev–Trinajstić information content (AvgIpc) is 2.12. The van der Waals surface area contributed by atoms with E-state index in [1.165, 1.54) is 0 Å². The zero-order valence-corrected chi connectivity index (χ0v) is 11.2. The number of nitrogen functional groups attached to an aromatic ring is 1. The first-order chi connectivity index (χ1) is 8.25. The molecule has 3 heteroatoms. The molecule has 2 rings (SSSR count). The Labute approximate surface area is 108 Å². The van der Waals surface area contributed by atoms with E-state index in [1.54, 1.807) is 12.1 Å². The zero-order valence-electron chi connectivity index (χ0n) is 11.2. The molecule has 1 aliphatic carbocycles. The van der Waals surface area contributed by atoms with Gasteiger partial charge in [0.2, 0.25) is 0 Å². The normalized spacial score (nSPS) is 27.6. The SMILES string of the molecule is CC(C)(C)C1CC(C(=O)O)(c2cccc(N)c2)C1. The van der Waals surface area contributed by atoms with E-state index in [-0.39, 0.29) is 5.41 Å². The Morgan fingerprint density at radius 3 is 2.44 bits per heavy atom. The molecule has 0 unspecified atom stereocenters. The molecule has 0 aliphatic heterocycles. The Bertz CT molecular complexity index is 468. The van der Waals surface area contributed by atoms with Gasteiger partial charge in [-0.15, -0.1) is 0 Å². The lowest BCUT2D eigenvalue weighted by Gasteiger charge is -2.50. The summed E-state index contributed by atoms with van der Waals surface area (Å²) in [5.74, 6) is -0.274. The molecule has 98 valence electrons. The summed E-state index contributed by atoms with van der Waals surface area (Å²) in [6.45, 7) is 6.51. The maximum Gasteiger partial charge on any atom is 0.314 e. The number of benzene rings is 1. The summed E-state index contributed by atoms with van der Waals surface area (Å²) in [7, 11) is 0. The number of hydrogen-bond acceptors (Lipinski definition) is 2. The van der Waals surface area contributed by atoms with Gasteiger partial charge in [0.25, 0.3) is 0 Å². The third-order valence-electron chi connectivity index (χ3n) is 4.26. The molecular weight excluding hydrogens is 226 g/mol. The van der Waals surface area contributed by atoms with Crippen molar-refractivity contribution < 1.29 is 9.90 Å². The number of hydrogen-bond donors (Lipinski definition) is 2. The van der Waals surface area contributed by atoms with Gasteiger partial charge >= 0.3 is 5.97 Å². The maximum atomic E-state index is 11.6. The second-order valence-corrected chi connectivity index (χ2v) is 6.48. The number of carbonyl (C=O) groups is 1. The van der Waals surface area contributed by atoms with Crippen molar-refractivity contribution in [3.05, 3.63) is 29.8 Å². The molecule has 18 heavy (non-hydrogen) atoms. The number of rotatable bonds is 2. The van der Waals surface area contributed by atoms with Gasteiger partial charge in [0.05, 0.1) is 5.41 Å². The fraction of sp³-hybridized carbons (Fsp3) is 0.533. The van der Waals surface area contributed by atoms with Crippen LogP contribution in [-0.4, -0.2) is 11.1 Å². The van der Waals surface area contributed by atoms with Crippen LogP contribution in [0.15, 0.2) is 24.3 Å². The van der Waals surface area contributed by atoms with Crippen LogP contribution >= 0.6 is 0 Å². The van der Waals surface area contributed by atoms with Gasteiger partial charge in [0.1, 0.15) is 0 Å². The van der Waals surface area contributed by atoms with Crippen LogP contribution in [-0.2, 0) is 10.2 Å². The fourth-order valence-corrected chi connectivity index (χ4v) is 2.76. The highest BCUT2D eigenvalue weighted by Crippen LogP contribution is 2.54. The number of carboxylic acids is 1. The van der Waals surface area contributed by atoms with Gasteiger partial charge in [0, 0.05) is 5.69 Å². The third-order valence-corrected chi connectivity index (χ3v) is 4.26. The second-order valence-electron chi connectivity index (χ2n) is 6.48. The molecule has 0 aromatic heterocycles. The Balaban J connectivity index is 2.30. The number of nitrogens with two attached hydrogens (primary N) is 1. The van der Waals surface area contributed by atoms with E-state index in [0.717, 1.165) is 5.56 Å². The minimum absolute atomic E-state index is 0.166. The summed E-state index contributed by atoms with van der Waals surface area (Å²) < 4.78 is 0. The molecule has 3 nitrogen and oxygen atoms in total. The van der Waals surface area contributed by atoms with Crippen molar-refractivity contribution in [3.63, 3.8) is 0 Å². The number of anilines is 1. The molecule has 0 amide bonds. The van der Waals surface area contributed by atoms with Crippen molar-refractivity contribution in [2.24, 2.45) is 11.3 Å². The van der Waals surface area contributed by atoms with Gasteiger partial charge in [-0.25, -0.2) is 0 Å². The Kier molecular flexibility index (Phi) is 2.88. The topological polar surface area (TPSA) is 63.3 Å². The molecule has 1 saturated carbocycles. The molecule has 3 N–H and O–H groups in total. The summed E-state index contributed by atoms with van der Waals surface area (Å²) in [5, 5.41) is 9.57. The van der Waals surface area contributed by atoms with E-state index in [9.17, 15) is 9.90 Å². The largest absolute Gasteiger partial charge is 0.481 e. The van der Waals surface area contributed by atoms with E-state index in [0.29, 0.717) is 24.4 Å². The summed E-state index contributed by atoms with van der Waals surface area (Å²) in [5.41, 5.74) is 6.67. The molecule has 1 aromatic rings. The maximum absolute atomic E-state index is 11.6. The van der Waals surface area contributed by atoms with Crippen LogP contribution in [0.4, 0.5) is 5.69 Å². The lowest BCUT2D eigenvalue weighted by Crippen LogP contribution is -2.51. The van der Waals surface area contributed by atoms with Gasteiger partial charge in [-0.2, -0.15) is 0 Å². The van der Waals surface area contributed by atoms with Crippen molar-refractivity contribution in [2.75, 3.05) is 5.73 Å². The van der Waals surface area contributed by atoms with E-state index in [4.69, 9.17) is 5.73 Å². The molecule has 0 saturated heterocycles. The van der Waals surface area contributed by atoms with Crippen LogP contribution in [0.25, 0.3) is 0 Å². The van der Waals surface area contributed by atoms with Gasteiger partial charge in [-0.1, -0.05) is 32.9 Å². The Hall–Kier alpha value is -1.51. The molecule has 0 bridgehead atoms. The van der Waals surface area contributed by atoms with Crippen LogP contribution in [0.5, 0.6) is 0 Å². The number of aliphatic carboxylic acids is 1. The standard InChI is InChI=1S/C15H21NO2/c1-14(2,3)11-8-15(9-11,13(17)18)10-5-4-6-12(16)7-10/h4-7,11H,8-9,16H2,1-3H3,(H,17,18). The lowest BCUT2D eigenvalue weighted by molar-refractivity contribution is -0.152. The summed E-state index contributed by atoms with van der Waals surface area (Å²) in [6, 6.07) is 7.30. The van der Waals surface area contributed by atoms with Crippen molar-refractivity contribution in [2.45, 2.75) is 39.0 Å². The smallest absolute Gasteiger partial charge is 0.314 e. The predicted octanol–water partition coefficient (Wildman–Crippen LogP) is 3.05. The molecule has 1 aliphatic rings. The number of carboxylic acid groups (broad SMARTS) is 1. The quantitative estimate of drug-likeness (QED) is 0.789. The molecule has 0 heterocycles. The van der Waals surface area contributed by atoms with Crippen molar-refractivity contribution in [3.8, 4) is 0 Å². The summed E-state index contributed by atoms with van der Waals surface area (Å²) in [4.78, 5) is 11.6. The Morgan fingerprint density at radius 1 is 1.39 bits per heavy atom. The predicted molar refractivity (Wildman–Crippen MR) is 72.3 cm³/mol. The van der Waals surface area contributed by atoms with Crippen molar-refractivity contribution >= 4 is 11.7 Å². The minimum Gasteiger partial charge on any atom is -0.481 e. The Morgan fingerprint density at radius 2 is 2.00 bits per heavy atom. The van der Waals surface area contributed by atoms with Crippen LogP contribution in [0, 0.1) is 11.3 Å². The molecule has 0 spiro atoms. The zero-order chi connectivity index (χ0) is 13.6. The van der Waals surface area contributed by atoms with Crippen LogP contribution in [0.3, 0.4) is 0 Å². The molecule has 0 atom stereocenters. The highest BCUT2D eigenvalue weighted by Gasteiger charge is 2.54. The first-order valence-electron chi connectivity index (χ1n) is 6.35. The molecular formula is C15H21NO2. The first-order valence-corrected chi connectivity index (χ1v) is 6.35. The fourth-order valence-electron chi connectivity index (χ4n) is 2.76. The molecule has 1 aromatic carbocycles. The van der Waals surface area contributed by atoms with E-state index >= 15 is 0 Å².